The van der Waals surface area contributed by atoms with Crippen LogP contribution in [0.3, 0.4) is 0 Å². The minimum Gasteiger partial charge on any atom is -0.479 e. The third kappa shape index (κ3) is 4.26. The molecule has 2 amide bonds. The highest BCUT2D eigenvalue weighted by Gasteiger charge is 2.30. The van der Waals surface area contributed by atoms with Gasteiger partial charge in [-0.3, -0.25) is 9.59 Å². The molecule has 0 radical (unpaired) electrons. The number of amides is 2. The van der Waals surface area contributed by atoms with Crippen molar-refractivity contribution in [3.8, 4) is 5.75 Å². The van der Waals surface area contributed by atoms with Gasteiger partial charge in [-0.15, -0.1) is 0 Å². The molecule has 0 spiro atoms. The normalized spacial score (nSPS) is 15.9. The molecule has 1 atom stereocenters. The fourth-order valence-corrected chi connectivity index (χ4v) is 4.20. The van der Waals surface area contributed by atoms with E-state index >= 15 is 0 Å². The van der Waals surface area contributed by atoms with E-state index in [2.05, 4.69) is 10.6 Å². The maximum absolute atomic E-state index is 13.7. The van der Waals surface area contributed by atoms with Crippen LogP contribution in [-0.2, 0) is 19.6 Å². The van der Waals surface area contributed by atoms with Gasteiger partial charge in [-0.05, 0) is 37.6 Å². The SMILES string of the molecule is Cc1cc2c(cc1S(=O)(=O)N(C)CC(=O)Nc1ccc(F)cc1F)OC(C)C(=O)N2. The van der Waals surface area contributed by atoms with Crippen LogP contribution in [0.2, 0.25) is 0 Å². The highest BCUT2D eigenvalue weighted by Crippen LogP contribution is 2.35. The Kier molecular flexibility index (Phi) is 5.77. The van der Waals surface area contributed by atoms with Crippen molar-refractivity contribution in [2.45, 2.75) is 24.8 Å². The number of halogens is 2. The first-order chi connectivity index (χ1) is 14.0. The zero-order valence-corrected chi connectivity index (χ0v) is 17.1. The Bertz CT molecular complexity index is 1140. The number of anilines is 2. The first kappa shape index (κ1) is 21.7. The van der Waals surface area contributed by atoms with E-state index in [1.807, 2.05) is 0 Å². The number of sulfonamides is 1. The summed E-state index contributed by atoms with van der Waals surface area (Å²) < 4.78 is 58.8. The molecular formula is C19H19F2N3O5S. The zero-order valence-electron chi connectivity index (χ0n) is 16.3. The summed E-state index contributed by atoms with van der Waals surface area (Å²) in [5.41, 5.74) is 0.418. The van der Waals surface area contributed by atoms with Gasteiger partial charge >= 0.3 is 0 Å². The summed E-state index contributed by atoms with van der Waals surface area (Å²) in [5, 5.41) is 4.84. The number of nitrogens with one attached hydrogen (secondary N) is 2. The van der Waals surface area contributed by atoms with Gasteiger partial charge in [-0.2, -0.15) is 4.31 Å². The van der Waals surface area contributed by atoms with Gasteiger partial charge in [0.25, 0.3) is 5.91 Å². The number of hydrogen-bond acceptors (Lipinski definition) is 5. The molecule has 0 fully saturated rings. The summed E-state index contributed by atoms with van der Waals surface area (Å²) in [7, 11) is -2.92. The molecule has 0 aliphatic carbocycles. The van der Waals surface area contributed by atoms with Crippen LogP contribution in [-0.4, -0.2) is 44.2 Å². The molecule has 0 saturated carbocycles. The molecule has 1 aliphatic heterocycles. The summed E-state index contributed by atoms with van der Waals surface area (Å²) in [4.78, 5) is 23.8. The molecule has 1 aliphatic rings. The van der Waals surface area contributed by atoms with E-state index in [1.54, 1.807) is 6.92 Å². The Morgan fingerprint density at radius 1 is 1.27 bits per heavy atom. The Morgan fingerprint density at radius 2 is 1.97 bits per heavy atom. The number of fused-ring (bicyclic) bond motifs is 1. The molecule has 2 aromatic carbocycles. The Labute approximate surface area is 171 Å². The first-order valence-electron chi connectivity index (χ1n) is 8.82. The molecule has 160 valence electrons. The fraction of sp³-hybridized carbons (Fsp3) is 0.263. The van der Waals surface area contributed by atoms with Crippen LogP contribution in [0.15, 0.2) is 35.2 Å². The second-order valence-corrected chi connectivity index (χ2v) is 8.81. The van der Waals surface area contributed by atoms with Crippen molar-refractivity contribution in [2.24, 2.45) is 0 Å². The van der Waals surface area contributed by atoms with Crippen LogP contribution in [0, 0.1) is 18.6 Å². The zero-order chi connectivity index (χ0) is 22.2. The molecule has 0 aromatic heterocycles. The first-order valence-corrected chi connectivity index (χ1v) is 10.3. The van der Waals surface area contributed by atoms with E-state index in [0.29, 0.717) is 17.3 Å². The molecule has 11 heteroatoms. The smallest absolute Gasteiger partial charge is 0.265 e. The number of benzene rings is 2. The second-order valence-electron chi connectivity index (χ2n) is 6.80. The van der Waals surface area contributed by atoms with Crippen LogP contribution in [0.4, 0.5) is 20.2 Å². The van der Waals surface area contributed by atoms with Crippen LogP contribution in [0.1, 0.15) is 12.5 Å². The minimum atomic E-state index is -4.11. The second kappa shape index (κ2) is 8.00. The van der Waals surface area contributed by atoms with Crippen molar-refractivity contribution in [2.75, 3.05) is 24.2 Å². The van der Waals surface area contributed by atoms with Gasteiger partial charge in [-0.25, -0.2) is 17.2 Å². The minimum absolute atomic E-state index is 0.104. The standard InChI is InChI=1S/C19H19F2N3O5S/c1-10-6-15-16(29-11(2)19(26)23-15)8-17(10)30(27,28)24(3)9-18(25)22-14-5-4-12(20)7-13(14)21/h4-8,11H,9H2,1-3H3,(H,22,25)(H,23,26). The molecule has 1 unspecified atom stereocenters. The fourth-order valence-electron chi connectivity index (χ4n) is 2.86. The van der Waals surface area contributed by atoms with Crippen LogP contribution in [0.5, 0.6) is 5.75 Å². The average Bonchev–Trinajstić information content (AvgIpc) is 2.64. The lowest BCUT2D eigenvalue weighted by Gasteiger charge is -2.25. The third-order valence-electron chi connectivity index (χ3n) is 4.47. The molecule has 3 rings (SSSR count). The number of rotatable bonds is 5. The van der Waals surface area contributed by atoms with Gasteiger partial charge in [0.2, 0.25) is 15.9 Å². The van der Waals surface area contributed by atoms with Crippen molar-refractivity contribution in [1.82, 2.24) is 4.31 Å². The van der Waals surface area contributed by atoms with Crippen LogP contribution < -0.4 is 15.4 Å². The van der Waals surface area contributed by atoms with E-state index in [1.165, 1.54) is 26.1 Å². The summed E-state index contributed by atoms with van der Waals surface area (Å²) in [5.74, 6) is -2.75. The largest absolute Gasteiger partial charge is 0.479 e. The van der Waals surface area contributed by atoms with Crippen LogP contribution >= 0.6 is 0 Å². The van der Waals surface area contributed by atoms with Gasteiger partial charge in [0.15, 0.2) is 6.10 Å². The van der Waals surface area contributed by atoms with Gasteiger partial charge in [0.05, 0.1) is 22.8 Å². The van der Waals surface area contributed by atoms with E-state index in [4.69, 9.17) is 4.74 Å². The topological polar surface area (TPSA) is 105 Å². The molecule has 30 heavy (non-hydrogen) atoms. The summed E-state index contributed by atoms with van der Waals surface area (Å²) in [6.45, 7) is 2.46. The van der Waals surface area contributed by atoms with Crippen molar-refractivity contribution in [3.05, 3.63) is 47.5 Å². The lowest BCUT2D eigenvalue weighted by molar-refractivity contribution is -0.122. The number of carbonyl (C=O) groups is 2. The van der Waals surface area contributed by atoms with E-state index in [9.17, 15) is 26.8 Å². The van der Waals surface area contributed by atoms with Gasteiger partial charge < -0.3 is 15.4 Å². The van der Waals surface area contributed by atoms with Gasteiger partial charge in [0.1, 0.15) is 17.4 Å². The molecule has 0 bridgehead atoms. The maximum Gasteiger partial charge on any atom is 0.265 e. The average molecular weight is 439 g/mol. The monoisotopic (exact) mass is 439 g/mol. The summed E-state index contributed by atoms with van der Waals surface area (Å²) in [6.07, 6.45) is -0.787. The lowest BCUT2D eigenvalue weighted by Crippen LogP contribution is -2.36. The van der Waals surface area contributed by atoms with E-state index in [-0.39, 0.29) is 22.2 Å². The lowest BCUT2D eigenvalue weighted by atomic mass is 10.1. The quantitative estimate of drug-likeness (QED) is 0.744. The summed E-state index contributed by atoms with van der Waals surface area (Å²) in [6, 6.07) is 5.36. The van der Waals surface area contributed by atoms with Crippen molar-refractivity contribution >= 4 is 33.2 Å². The summed E-state index contributed by atoms with van der Waals surface area (Å²) >= 11 is 0. The number of likely N-dealkylation sites (N-methyl/N-ethyl adjacent to an activating group) is 1. The predicted molar refractivity (Wildman–Crippen MR) is 105 cm³/mol. The maximum atomic E-state index is 13.7. The van der Waals surface area contributed by atoms with E-state index in [0.717, 1.165) is 16.4 Å². The Balaban J connectivity index is 1.80. The van der Waals surface area contributed by atoms with Crippen molar-refractivity contribution in [1.29, 1.82) is 0 Å². The number of nitrogens with zero attached hydrogens (tertiary/aromatic N) is 1. The molecule has 0 saturated heterocycles. The number of carbonyl (C=O) groups excluding carboxylic acids is 2. The van der Waals surface area contributed by atoms with Crippen molar-refractivity contribution < 1.29 is 31.5 Å². The Hall–Kier alpha value is -3.05. The highest BCUT2D eigenvalue weighted by atomic mass is 32.2. The molecule has 2 N–H and O–H groups in total. The third-order valence-corrected chi connectivity index (χ3v) is 6.41. The molecule has 8 nitrogen and oxygen atoms in total. The van der Waals surface area contributed by atoms with E-state index < -0.39 is 40.2 Å². The highest BCUT2D eigenvalue weighted by molar-refractivity contribution is 7.89. The predicted octanol–water partition coefficient (Wildman–Crippen LogP) is 2.25. The number of aryl methyl sites for hydroxylation is 1. The molecule has 1 heterocycles. The van der Waals surface area contributed by atoms with Gasteiger partial charge in [0, 0.05) is 19.2 Å². The molecular weight excluding hydrogens is 420 g/mol. The van der Waals surface area contributed by atoms with Crippen molar-refractivity contribution in [3.63, 3.8) is 0 Å². The Morgan fingerprint density at radius 3 is 2.63 bits per heavy atom. The number of hydrogen-bond donors (Lipinski definition) is 2. The van der Waals surface area contributed by atoms with Gasteiger partial charge in [-0.1, -0.05) is 0 Å². The molecule has 2 aromatic rings. The van der Waals surface area contributed by atoms with Crippen LogP contribution in [0.25, 0.3) is 0 Å². The number of ether oxygens (including phenoxy) is 1.